The quantitative estimate of drug-likeness (QED) is 0.375. The number of aryl methyl sites for hydroxylation is 1. The lowest BCUT2D eigenvalue weighted by molar-refractivity contribution is -0.136. The maximum atomic E-state index is 13.1. The van der Waals surface area contributed by atoms with Crippen LogP contribution in [0.3, 0.4) is 0 Å². The Kier molecular flexibility index (Phi) is 8.03. The molecule has 0 saturated carbocycles. The third-order valence-corrected chi connectivity index (χ3v) is 5.07. The molecule has 0 unspecified atom stereocenters. The largest absolute Gasteiger partial charge is 0.445 e. The van der Waals surface area contributed by atoms with Crippen molar-refractivity contribution in [3.05, 3.63) is 101 Å². The normalized spacial score (nSPS) is 11.6. The lowest BCUT2D eigenvalue weighted by Crippen LogP contribution is -2.44. The number of hydrogen-bond donors (Lipinski definition) is 1. The Labute approximate surface area is 189 Å². The van der Waals surface area contributed by atoms with E-state index in [0.717, 1.165) is 22.3 Å². The molecule has 32 heavy (non-hydrogen) atoms. The smallest absolute Gasteiger partial charge is 0.408 e. The third kappa shape index (κ3) is 6.71. The van der Waals surface area contributed by atoms with Crippen LogP contribution in [0.15, 0.2) is 78.9 Å². The van der Waals surface area contributed by atoms with E-state index in [4.69, 9.17) is 9.47 Å². The van der Waals surface area contributed by atoms with Gasteiger partial charge in [-0.2, -0.15) is 0 Å². The fourth-order valence-electron chi connectivity index (χ4n) is 3.34. The summed E-state index contributed by atoms with van der Waals surface area (Å²) in [7, 11) is 0. The second-order valence-corrected chi connectivity index (χ2v) is 8.07. The molecule has 166 valence electrons. The van der Waals surface area contributed by atoms with Gasteiger partial charge in [0.25, 0.3) is 0 Å². The number of alkyl carbamates (subject to hydrolysis) is 1. The van der Waals surface area contributed by atoms with Crippen LogP contribution in [0.1, 0.15) is 42.0 Å². The van der Waals surface area contributed by atoms with E-state index in [0.29, 0.717) is 12.2 Å². The first-order chi connectivity index (χ1) is 15.4. The number of rotatable bonds is 8. The maximum Gasteiger partial charge on any atom is 0.408 e. The van der Waals surface area contributed by atoms with Crippen LogP contribution < -0.4 is 10.1 Å². The van der Waals surface area contributed by atoms with Crippen LogP contribution in [0.5, 0.6) is 5.75 Å². The molecule has 0 fully saturated rings. The summed E-state index contributed by atoms with van der Waals surface area (Å²) in [6, 6.07) is 23.8. The zero-order valence-corrected chi connectivity index (χ0v) is 18.7. The Balaban J connectivity index is 1.74. The van der Waals surface area contributed by atoms with Crippen LogP contribution >= 0.6 is 0 Å². The van der Waals surface area contributed by atoms with Gasteiger partial charge in [-0.15, -0.1) is 0 Å². The maximum absolute atomic E-state index is 13.1. The predicted molar refractivity (Wildman–Crippen MR) is 125 cm³/mol. The Morgan fingerprint density at radius 3 is 2.12 bits per heavy atom. The van der Waals surface area contributed by atoms with Gasteiger partial charge < -0.3 is 14.8 Å². The number of hydrogen-bond acceptors (Lipinski definition) is 4. The SMILES string of the molecule is Cc1ccc(C(C)C)c(OC(=O)[C@H](Cc2ccccc2)NC(=O)OCc2ccccc2)c1. The fourth-order valence-corrected chi connectivity index (χ4v) is 3.34. The van der Waals surface area contributed by atoms with Gasteiger partial charge in [-0.05, 0) is 41.2 Å². The Bertz CT molecular complexity index is 1030. The highest BCUT2D eigenvalue weighted by molar-refractivity contribution is 5.83. The van der Waals surface area contributed by atoms with E-state index in [1.54, 1.807) is 0 Å². The van der Waals surface area contributed by atoms with Crippen molar-refractivity contribution in [3.8, 4) is 5.75 Å². The van der Waals surface area contributed by atoms with E-state index in [1.165, 1.54) is 0 Å². The van der Waals surface area contributed by atoms with E-state index in [1.807, 2.05) is 99.6 Å². The van der Waals surface area contributed by atoms with Crippen LogP contribution in [0, 0.1) is 6.92 Å². The van der Waals surface area contributed by atoms with Gasteiger partial charge in [0.2, 0.25) is 0 Å². The van der Waals surface area contributed by atoms with Crippen LogP contribution in [0.2, 0.25) is 0 Å². The monoisotopic (exact) mass is 431 g/mol. The second kappa shape index (κ2) is 11.1. The molecule has 0 aliphatic carbocycles. The third-order valence-electron chi connectivity index (χ3n) is 5.07. The molecule has 3 rings (SSSR count). The van der Waals surface area contributed by atoms with Crippen molar-refractivity contribution in [1.82, 2.24) is 5.32 Å². The van der Waals surface area contributed by atoms with Gasteiger partial charge in [0, 0.05) is 6.42 Å². The molecule has 0 bridgehead atoms. The Morgan fingerprint density at radius 2 is 1.50 bits per heavy atom. The minimum absolute atomic E-state index is 0.120. The van der Waals surface area contributed by atoms with Crippen LogP contribution in [-0.4, -0.2) is 18.1 Å². The number of amides is 1. The first-order valence-corrected chi connectivity index (χ1v) is 10.8. The van der Waals surface area contributed by atoms with Gasteiger partial charge in [-0.25, -0.2) is 9.59 Å². The first kappa shape index (κ1) is 23.1. The molecule has 5 heteroatoms. The van der Waals surface area contributed by atoms with Crippen molar-refractivity contribution in [2.75, 3.05) is 0 Å². The van der Waals surface area contributed by atoms with E-state index in [2.05, 4.69) is 5.32 Å². The molecular weight excluding hydrogens is 402 g/mol. The molecule has 1 amide bonds. The summed E-state index contributed by atoms with van der Waals surface area (Å²) in [5, 5.41) is 2.68. The minimum Gasteiger partial charge on any atom is -0.445 e. The molecule has 0 aromatic heterocycles. The minimum atomic E-state index is -0.888. The van der Waals surface area contributed by atoms with Gasteiger partial charge in [-0.3, -0.25) is 0 Å². The van der Waals surface area contributed by atoms with Crippen molar-refractivity contribution < 1.29 is 19.1 Å². The van der Waals surface area contributed by atoms with Crippen molar-refractivity contribution in [1.29, 1.82) is 0 Å². The molecule has 3 aromatic carbocycles. The average Bonchev–Trinajstić information content (AvgIpc) is 2.78. The summed E-state index contributed by atoms with van der Waals surface area (Å²) in [4.78, 5) is 25.6. The summed E-state index contributed by atoms with van der Waals surface area (Å²) < 4.78 is 11.1. The van der Waals surface area contributed by atoms with Gasteiger partial charge in [-0.1, -0.05) is 86.6 Å². The lowest BCUT2D eigenvalue weighted by atomic mass is 10.0. The number of ether oxygens (including phenoxy) is 2. The van der Waals surface area contributed by atoms with Gasteiger partial charge in [0.1, 0.15) is 18.4 Å². The molecule has 0 radical (unpaired) electrons. The zero-order chi connectivity index (χ0) is 22.9. The summed E-state index contributed by atoms with van der Waals surface area (Å²) in [5.74, 6) is 0.176. The van der Waals surface area contributed by atoms with Gasteiger partial charge in [0.05, 0.1) is 0 Å². The molecule has 0 aliphatic heterocycles. The molecule has 0 heterocycles. The summed E-state index contributed by atoms with van der Waals surface area (Å²) >= 11 is 0. The molecule has 3 aromatic rings. The predicted octanol–water partition coefficient (Wildman–Crippen LogP) is 5.56. The standard InChI is InChI=1S/C27H29NO4/c1-19(2)23-15-14-20(3)16-25(23)32-26(29)24(17-21-10-6-4-7-11-21)28-27(30)31-18-22-12-8-5-9-13-22/h4-16,19,24H,17-18H2,1-3H3,(H,28,30)/t24-/m0/s1. The van der Waals surface area contributed by atoms with E-state index < -0.39 is 18.1 Å². The molecule has 0 aliphatic rings. The van der Waals surface area contributed by atoms with Gasteiger partial charge in [0.15, 0.2) is 0 Å². The highest BCUT2D eigenvalue weighted by Gasteiger charge is 2.25. The Hall–Kier alpha value is -3.60. The average molecular weight is 432 g/mol. The highest BCUT2D eigenvalue weighted by Crippen LogP contribution is 2.28. The van der Waals surface area contributed by atoms with Crippen LogP contribution in [0.4, 0.5) is 4.79 Å². The molecular formula is C27H29NO4. The number of esters is 1. The molecule has 0 saturated heterocycles. The van der Waals surface area contributed by atoms with E-state index >= 15 is 0 Å². The number of carbonyl (C=O) groups is 2. The molecule has 0 spiro atoms. The fraction of sp³-hybridized carbons (Fsp3) is 0.259. The summed E-state index contributed by atoms with van der Waals surface area (Å²) in [5.41, 5.74) is 3.71. The first-order valence-electron chi connectivity index (χ1n) is 10.8. The summed E-state index contributed by atoms with van der Waals surface area (Å²) in [6.45, 7) is 6.16. The number of nitrogens with one attached hydrogen (secondary N) is 1. The van der Waals surface area contributed by atoms with Gasteiger partial charge >= 0.3 is 12.1 Å². The number of carbonyl (C=O) groups excluding carboxylic acids is 2. The summed E-state index contributed by atoms with van der Waals surface area (Å²) in [6.07, 6.45) is -0.372. The Morgan fingerprint density at radius 1 is 0.875 bits per heavy atom. The van der Waals surface area contributed by atoms with Crippen molar-refractivity contribution in [2.45, 2.75) is 45.8 Å². The zero-order valence-electron chi connectivity index (χ0n) is 18.7. The van der Waals surface area contributed by atoms with Crippen LogP contribution in [0.25, 0.3) is 0 Å². The number of benzene rings is 3. The second-order valence-electron chi connectivity index (χ2n) is 8.07. The van der Waals surface area contributed by atoms with E-state index in [9.17, 15) is 9.59 Å². The van der Waals surface area contributed by atoms with Crippen molar-refractivity contribution >= 4 is 12.1 Å². The van der Waals surface area contributed by atoms with Crippen molar-refractivity contribution in [3.63, 3.8) is 0 Å². The highest BCUT2D eigenvalue weighted by atomic mass is 16.6. The lowest BCUT2D eigenvalue weighted by Gasteiger charge is -2.20. The molecule has 1 N–H and O–H groups in total. The van der Waals surface area contributed by atoms with Crippen molar-refractivity contribution in [2.24, 2.45) is 0 Å². The van der Waals surface area contributed by atoms with Crippen LogP contribution in [-0.2, 0) is 22.6 Å². The molecule has 1 atom stereocenters. The molecule has 5 nitrogen and oxygen atoms in total. The topological polar surface area (TPSA) is 64.6 Å². The van der Waals surface area contributed by atoms with E-state index in [-0.39, 0.29) is 12.5 Å².